The smallest absolute Gasteiger partial charge is 0.302 e. The van der Waals surface area contributed by atoms with Gasteiger partial charge in [-0.1, -0.05) is 60.1 Å². The molecule has 5 rings (SSSR count). The standard InChI is InChI=1S/C32H50O3/c1-20-11-16-32(19-35-22(3)33)18-17-30(7)23(27(32)21(20)2)9-10-25-29(6)14-13-26(34)28(4,5)24(29)12-15-31(25,30)8/h9,20-21,24-25,27H,10-19H2,1-8H3/t20-,21+,24+,25-,27+,29+,30-,31-,32-/m1/s1. The van der Waals surface area contributed by atoms with Crippen LogP contribution in [0.3, 0.4) is 0 Å². The minimum Gasteiger partial charge on any atom is -0.465 e. The number of carbonyl (C=O) groups is 2. The number of esters is 1. The van der Waals surface area contributed by atoms with Gasteiger partial charge >= 0.3 is 5.97 Å². The number of ketones is 1. The van der Waals surface area contributed by atoms with Crippen molar-refractivity contribution in [3.05, 3.63) is 11.6 Å². The van der Waals surface area contributed by atoms with Gasteiger partial charge in [0.1, 0.15) is 5.78 Å². The highest BCUT2D eigenvalue weighted by atomic mass is 16.5. The van der Waals surface area contributed by atoms with Crippen molar-refractivity contribution < 1.29 is 14.3 Å². The van der Waals surface area contributed by atoms with Crippen molar-refractivity contribution in [1.29, 1.82) is 0 Å². The number of fused-ring (bicyclic) bond motifs is 7. The monoisotopic (exact) mass is 482 g/mol. The second-order valence-electron chi connectivity index (χ2n) is 14.9. The number of hydrogen-bond acceptors (Lipinski definition) is 3. The van der Waals surface area contributed by atoms with Crippen LogP contribution in [0.2, 0.25) is 0 Å². The number of allylic oxidation sites excluding steroid dienone is 2. The molecule has 5 aliphatic carbocycles. The van der Waals surface area contributed by atoms with Crippen molar-refractivity contribution in [1.82, 2.24) is 0 Å². The summed E-state index contributed by atoms with van der Waals surface area (Å²) in [6.45, 7) is 19.3. The highest BCUT2D eigenvalue weighted by molar-refractivity contribution is 5.85. The topological polar surface area (TPSA) is 43.4 Å². The van der Waals surface area contributed by atoms with Crippen molar-refractivity contribution in [3.63, 3.8) is 0 Å². The maximum absolute atomic E-state index is 13.0. The third-order valence-corrected chi connectivity index (χ3v) is 13.5. The molecule has 0 unspecified atom stereocenters. The Morgan fingerprint density at radius 1 is 0.971 bits per heavy atom. The molecule has 0 heterocycles. The molecule has 0 aromatic heterocycles. The molecule has 0 spiro atoms. The van der Waals surface area contributed by atoms with Crippen LogP contribution in [-0.2, 0) is 14.3 Å². The average molecular weight is 483 g/mol. The molecule has 0 amide bonds. The Kier molecular flexibility index (Phi) is 5.79. The fourth-order valence-corrected chi connectivity index (χ4v) is 10.9. The van der Waals surface area contributed by atoms with E-state index in [1.807, 2.05) is 0 Å². The lowest BCUT2D eigenvalue weighted by molar-refractivity contribution is -0.189. The molecule has 0 N–H and O–H groups in total. The molecule has 9 atom stereocenters. The van der Waals surface area contributed by atoms with Crippen LogP contribution in [0.4, 0.5) is 0 Å². The lowest BCUT2D eigenvalue weighted by atomic mass is 9.33. The van der Waals surface area contributed by atoms with E-state index in [-0.39, 0.29) is 33.0 Å². The van der Waals surface area contributed by atoms with Gasteiger partial charge in [-0.15, -0.1) is 0 Å². The molecule has 0 radical (unpaired) electrons. The molecular formula is C32H50O3. The molecule has 196 valence electrons. The number of carbonyl (C=O) groups excluding carboxylic acids is 2. The molecule has 5 aliphatic rings. The van der Waals surface area contributed by atoms with Crippen LogP contribution in [-0.4, -0.2) is 18.4 Å². The summed E-state index contributed by atoms with van der Waals surface area (Å²) in [6.07, 6.45) is 12.9. The van der Waals surface area contributed by atoms with E-state index in [1.165, 1.54) is 38.5 Å². The molecule has 4 fully saturated rings. The van der Waals surface area contributed by atoms with Gasteiger partial charge in [0, 0.05) is 24.2 Å². The predicted molar refractivity (Wildman–Crippen MR) is 141 cm³/mol. The van der Waals surface area contributed by atoms with E-state index in [9.17, 15) is 9.59 Å². The van der Waals surface area contributed by atoms with Gasteiger partial charge in [0.2, 0.25) is 0 Å². The summed E-state index contributed by atoms with van der Waals surface area (Å²) in [6, 6.07) is 0. The summed E-state index contributed by atoms with van der Waals surface area (Å²) in [5.41, 5.74) is 2.29. The fraction of sp³-hybridized carbons (Fsp3) is 0.875. The Morgan fingerprint density at radius 2 is 1.69 bits per heavy atom. The van der Waals surface area contributed by atoms with Gasteiger partial charge in [0.25, 0.3) is 0 Å². The predicted octanol–water partition coefficient (Wildman–Crippen LogP) is 7.78. The maximum atomic E-state index is 13.0. The molecule has 0 aliphatic heterocycles. The molecule has 3 heteroatoms. The van der Waals surface area contributed by atoms with Crippen molar-refractivity contribution >= 4 is 11.8 Å². The number of hydrogen-bond donors (Lipinski definition) is 0. The number of ether oxygens (including phenoxy) is 1. The summed E-state index contributed by atoms with van der Waals surface area (Å²) < 4.78 is 5.79. The third kappa shape index (κ3) is 3.27. The average Bonchev–Trinajstić information content (AvgIpc) is 2.78. The van der Waals surface area contributed by atoms with Gasteiger partial charge < -0.3 is 4.74 Å². The van der Waals surface area contributed by atoms with E-state index in [4.69, 9.17) is 4.74 Å². The fourth-order valence-electron chi connectivity index (χ4n) is 10.9. The van der Waals surface area contributed by atoms with Crippen LogP contribution in [0, 0.1) is 56.7 Å². The first-order valence-electron chi connectivity index (χ1n) is 14.6. The Morgan fingerprint density at radius 3 is 2.37 bits per heavy atom. The lowest BCUT2D eigenvalue weighted by Crippen LogP contribution is -2.64. The largest absolute Gasteiger partial charge is 0.465 e. The van der Waals surface area contributed by atoms with Crippen LogP contribution in [0.25, 0.3) is 0 Å². The molecule has 4 saturated carbocycles. The lowest BCUT2D eigenvalue weighted by Gasteiger charge is -2.71. The van der Waals surface area contributed by atoms with E-state index in [0.29, 0.717) is 42.0 Å². The van der Waals surface area contributed by atoms with Gasteiger partial charge in [-0.05, 0) is 97.2 Å². The highest BCUT2D eigenvalue weighted by Crippen LogP contribution is 2.75. The third-order valence-electron chi connectivity index (χ3n) is 13.5. The van der Waals surface area contributed by atoms with Crippen molar-refractivity contribution in [2.45, 2.75) is 113 Å². The van der Waals surface area contributed by atoms with Crippen molar-refractivity contribution in [2.24, 2.45) is 56.7 Å². The Balaban J connectivity index is 1.58. The molecule has 0 saturated heterocycles. The van der Waals surface area contributed by atoms with Crippen LogP contribution >= 0.6 is 0 Å². The number of rotatable bonds is 2. The molecule has 0 aromatic rings. The van der Waals surface area contributed by atoms with E-state index in [0.717, 1.165) is 19.3 Å². The van der Waals surface area contributed by atoms with Gasteiger partial charge in [0.15, 0.2) is 0 Å². The van der Waals surface area contributed by atoms with E-state index < -0.39 is 0 Å². The Bertz CT molecular complexity index is 946. The quantitative estimate of drug-likeness (QED) is 0.298. The normalized spacial score (nSPS) is 50.7. The van der Waals surface area contributed by atoms with Crippen molar-refractivity contribution in [2.75, 3.05) is 6.61 Å². The first-order valence-corrected chi connectivity index (χ1v) is 14.6. The molecule has 35 heavy (non-hydrogen) atoms. The van der Waals surface area contributed by atoms with Gasteiger partial charge in [-0.2, -0.15) is 0 Å². The Labute approximate surface area is 214 Å². The minimum absolute atomic E-state index is 0.104. The van der Waals surface area contributed by atoms with Crippen molar-refractivity contribution in [3.8, 4) is 0 Å². The number of Topliss-reactive ketones (excluding diaryl/α,β-unsaturated/α-hetero) is 1. The maximum Gasteiger partial charge on any atom is 0.302 e. The van der Waals surface area contributed by atoms with Gasteiger partial charge in [-0.25, -0.2) is 0 Å². The first-order chi connectivity index (χ1) is 16.2. The molecule has 3 nitrogen and oxygen atoms in total. The van der Waals surface area contributed by atoms with E-state index in [2.05, 4.69) is 54.5 Å². The SMILES string of the molecule is CC(=O)OC[C@]12CC[C@@H](C)[C@H](C)[C@H]1C1=CC[C@@H]3[C@@]4(C)CCC(=O)C(C)(C)[C@@H]4CC[C@@]3(C)[C@]1(C)CC2. The van der Waals surface area contributed by atoms with Crippen LogP contribution < -0.4 is 0 Å². The van der Waals surface area contributed by atoms with Crippen LogP contribution in [0.1, 0.15) is 113 Å². The van der Waals surface area contributed by atoms with Crippen LogP contribution in [0.15, 0.2) is 11.6 Å². The molecule has 0 aromatic carbocycles. The summed E-state index contributed by atoms with van der Waals surface area (Å²) in [5, 5.41) is 0. The second kappa shape index (κ2) is 7.94. The van der Waals surface area contributed by atoms with Crippen LogP contribution in [0.5, 0.6) is 0 Å². The first kappa shape index (κ1) is 25.5. The zero-order valence-electron chi connectivity index (χ0n) is 23.8. The zero-order chi connectivity index (χ0) is 25.6. The van der Waals surface area contributed by atoms with E-state index >= 15 is 0 Å². The Hall–Kier alpha value is -1.12. The highest BCUT2D eigenvalue weighted by Gasteiger charge is 2.68. The van der Waals surface area contributed by atoms with E-state index in [1.54, 1.807) is 12.5 Å². The van der Waals surface area contributed by atoms with Gasteiger partial charge in [-0.3, -0.25) is 9.59 Å². The minimum atomic E-state index is -0.196. The summed E-state index contributed by atoms with van der Waals surface area (Å²) >= 11 is 0. The zero-order valence-corrected chi connectivity index (χ0v) is 23.8. The summed E-state index contributed by atoms with van der Waals surface area (Å²) in [4.78, 5) is 24.8. The van der Waals surface area contributed by atoms with Gasteiger partial charge in [0.05, 0.1) is 6.61 Å². The summed E-state index contributed by atoms with van der Waals surface area (Å²) in [5.74, 6) is 3.31. The summed E-state index contributed by atoms with van der Waals surface area (Å²) in [7, 11) is 0. The molecule has 0 bridgehead atoms. The molecular weight excluding hydrogens is 432 g/mol. The second-order valence-corrected chi connectivity index (χ2v) is 14.9.